The fourth-order valence-electron chi connectivity index (χ4n) is 3.55. The van der Waals surface area contributed by atoms with E-state index in [4.69, 9.17) is 0 Å². The number of thioether (sulfide) groups is 1. The second kappa shape index (κ2) is 9.75. The van der Waals surface area contributed by atoms with E-state index >= 15 is 0 Å². The van der Waals surface area contributed by atoms with Gasteiger partial charge in [0.1, 0.15) is 5.54 Å². The minimum Gasteiger partial charge on any atom is -0.322 e. The van der Waals surface area contributed by atoms with Gasteiger partial charge in [-0.1, -0.05) is 48.2 Å². The van der Waals surface area contributed by atoms with Gasteiger partial charge in [-0.3, -0.25) is 15.0 Å². The van der Waals surface area contributed by atoms with E-state index in [0.29, 0.717) is 24.5 Å². The molecule has 0 bridgehead atoms. The predicted molar refractivity (Wildman–Crippen MR) is 126 cm³/mol. The number of urea groups is 1. The SMILES string of the molecule is CCn1c(SCC(=O)NN2C(=O)N[C@@](C)(CCc3ccccc3)C2=O)nnc1-c1cccs1. The number of rotatable bonds is 9. The van der Waals surface area contributed by atoms with Gasteiger partial charge in [0.2, 0.25) is 5.91 Å². The molecule has 0 unspecified atom stereocenters. The summed E-state index contributed by atoms with van der Waals surface area (Å²) in [5.41, 5.74) is 2.42. The van der Waals surface area contributed by atoms with Crippen LogP contribution in [0.3, 0.4) is 0 Å². The first-order valence-electron chi connectivity index (χ1n) is 10.5. The monoisotopic (exact) mass is 484 g/mol. The van der Waals surface area contributed by atoms with E-state index in [0.717, 1.165) is 21.3 Å². The summed E-state index contributed by atoms with van der Waals surface area (Å²) in [6.45, 7) is 4.30. The third-order valence-electron chi connectivity index (χ3n) is 5.36. The molecule has 2 N–H and O–H groups in total. The fourth-order valence-corrected chi connectivity index (χ4v) is 5.06. The Labute approximate surface area is 199 Å². The molecule has 1 saturated heterocycles. The fraction of sp³-hybridized carbons (Fsp3) is 0.318. The second-order valence-electron chi connectivity index (χ2n) is 7.74. The van der Waals surface area contributed by atoms with Crippen molar-refractivity contribution < 1.29 is 14.4 Å². The summed E-state index contributed by atoms with van der Waals surface area (Å²) in [6, 6.07) is 13.0. The molecule has 0 spiro atoms. The zero-order valence-electron chi connectivity index (χ0n) is 18.3. The van der Waals surface area contributed by atoms with Crippen LogP contribution in [0.5, 0.6) is 0 Å². The average Bonchev–Trinajstić information content (AvgIpc) is 3.53. The van der Waals surface area contributed by atoms with Crippen molar-refractivity contribution >= 4 is 40.9 Å². The van der Waals surface area contributed by atoms with Crippen molar-refractivity contribution in [3.63, 3.8) is 0 Å². The number of imide groups is 1. The minimum atomic E-state index is -1.08. The minimum absolute atomic E-state index is 0.0135. The maximum absolute atomic E-state index is 12.9. The lowest BCUT2D eigenvalue weighted by Crippen LogP contribution is -2.49. The standard InChI is InChI=1S/C22H24N6O3S2/c1-3-27-18(16-10-7-13-32-16)24-25-21(27)33-14-17(29)26-28-19(30)22(2,23-20(28)31)12-11-15-8-5-4-6-9-15/h4-10,13H,3,11-12,14H2,1-2H3,(H,23,31)(H,26,29)/t22-/m0/s1. The highest BCUT2D eigenvalue weighted by Gasteiger charge is 2.48. The van der Waals surface area contributed by atoms with Crippen LogP contribution in [-0.2, 0) is 22.6 Å². The van der Waals surface area contributed by atoms with Crippen molar-refractivity contribution in [2.75, 3.05) is 5.75 Å². The Balaban J connectivity index is 1.35. The number of thiophene rings is 1. The Morgan fingerprint density at radius 2 is 1.97 bits per heavy atom. The van der Waals surface area contributed by atoms with Gasteiger partial charge < -0.3 is 9.88 Å². The molecule has 0 saturated carbocycles. The molecule has 3 aromatic rings. The molecular weight excluding hydrogens is 460 g/mol. The van der Waals surface area contributed by atoms with Gasteiger partial charge in [0.25, 0.3) is 5.91 Å². The van der Waals surface area contributed by atoms with Gasteiger partial charge in [0.15, 0.2) is 11.0 Å². The van der Waals surface area contributed by atoms with Crippen LogP contribution in [0.15, 0.2) is 53.0 Å². The van der Waals surface area contributed by atoms with Crippen LogP contribution < -0.4 is 10.7 Å². The van der Waals surface area contributed by atoms with Gasteiger partial charge in [-0.2, -0.15) is 5.01 Å². The van der Waals surface area contributed by atoms with E-state index in [2.05, 4.69) is 20.9 Å². The average molecular weight is 485 g/mol. The Morgan fingerprint density at radius 1 is 1.18 bits per heavy atom. The maximum Gasteiger partial charge on any atom is 0.344 e. The quantitative estimate of drug-likeness (QED) is 0.357. The number of carbonyl (C=O) groups is 3. The molecule has 9 nitrogen and oxygen atoms in total. The summed E-state index contributed by atoms with van der Waals surface area (Å²) >= 11 is 2.77. The van der Waals surface area contributed by atoms with Gasteiger partial charge in [-0.05, 0) is 43.7 Å². The summed E-state index contributed by atoms with van der Waals surface area (Å²) in [4.78, 5) is 38.8. The number of nitrogens with one attached hydrogen (secondary N) is 2. The highest BCUT2D eigenvalue weighted by atomic mass is 32.2. The van der Waals surface area contributed by atoms with Gasteiger partial charge in [0.05, 0.1) is 10.6 Å². The predicted octanol–water partition coefficient (Wildman–Crippen LogP) is 3.09. The number of benzene rings is 1. The largest absolute Gasteiger partial charge is 0.344 e. The Hall–Kier alpha value is -3.18. The highest BCUT2D eigenvalue weighted by Crippen LogP contribution is 2.27. The van der Waals surface area contributed by atoms with Crippen molar-refractivity contribution in [1.29, 1.82) is 0 Å². The summed E-state index contributed by atoms with van der Waals surface area (Å²) < 4.78 is 1.93. The first-order chi connectivity index (χ1) is 15.9. The van der Waals surface area contributed by atoms with Crippen LogP contribution in [0.4, 0.5) is 4.79 Å². The molecule has 1 aromatic carbocycles. The number of hydrogen-bond donors (Lipinski definition) is 2. The number of hydrogen-bond acceptors (Lipinski definition) is 7. The molecule has 33 heavy (non-hydrogen) atoms. The molecule has 0 radical (unpaired) electrons. The maximum atomic E-state index is 12.9. The zero-order chi connectivity index (χ0) is 23.4. The van der Waals surface area contributed by atoms with Crippen LogP contribution >= 0.6 is 23.1 Å². The normalized spacial score (nSPS) is 17.9. The molecule has 1 aliphatic rings. The molecule has 3 heterocycles. The number of hydrazine groups is 1. The topological polar surface area (TPSA) is 109 Å². The van der Waals surface area contributed by atoms with Gasteiger partial charge in [0, 0.05) is 6.54 Å². The van der Waals surface area contributed by atoms with Gasteiger partial charge in [-0.15, -0.1) is 21.5 Å². The summed E-state index contributed by atoms with van der Waals surface area (Å²) in [5.74, 6) is -0.211. The molecule has 11 heteroatoms. The lowest BCUT2D eigenvalue weighted by molar-refractivity contribution is -0.138. The number of aromatic nitrogens is 3. The lowest BCUT2D eigenvalue weighted by atomic mass is 9.93. The van der Waals surface area contributed by atoms with Crippen molar-refractivity contribution in [2.45, 2.75) is 43.9 Å². The first-order valence-corrected chi connectivity index (χ1v) is 12.4. The first kappa shape index (κ1) is 23.0. The van der Waals surface area contributed by atoms with Gasteiger partial charge >= 0.3 is 6.03 Å². The molecule has 1 fully saturated rings. The molecule has 4 rings (SSSR count). The van der Waals surface area contributed by atoms with Crippen LogP contribution in [0.2, 0.25) is 0 Å². The Bertz CT molecular complexity index is 1150. The van der Waals surface area contributed by atoms with Crippen molar-refractivity contribution in [1.82, 2.24) is 30.5 Å². The Morgan fingerprint density at radius 3 is 2.67 bits per heavy atom. The van der Waals surface area contributed by atoms with Crippen LogP contribution in [0.1, 0.15) is 25.8 Å². The molecule has 1 atom stereocenters. The Kier molecular flexibility index (Phi) is 6.80. The van der Waals surface area contributed by atoms with Crippen LogP contribution in [-0.4, -0.2) is 48.9 Å². The molecular formula is C22H24N6O3S2. The van der Waals surface area contributed by atoms with Crippen molar-refractivity contribution in [2.24, 2.45) is 0 Å². The summed E-state index contributed by atoms with van der Waals surface area (Å²) in [6.07, 6.45) is 1.05. The van der Waals surface area contributed by atoms with E-state index in [-0.39, 0.29) is 5.75 Å². The number of aryl methyl sites for hydroxylation is 1. The van der Waals surface area contributed by atoms with E-state index < -0.39 is 23.4 Å². The molecule has 1 aliphatic heterocycles. The number of carbonyl (C=O) groups excluding carboxylic acids is 3. The van der Waals surface area contributed by atoms with Gasteiger partial charge in [-0.25, -0.2) is 4.79 Å². The van der Waals surface area contributed by atoms with Crippen LogP contribution in [0.25, 0.3) is 10.7 Å². The number of nitrogens with zero attached hydrogens (tertiary/aromatic N) is 4. The molecule has 0 aliphatic carbocycles. The molecule has 2 aromatic heterocycles. The number of amides is 4. The van der Waals surface area contributed by atoms with E-state index in [1.54, 1.807) is 18.3 Å². The second-order valence-corrected chi connectivity index (χ2v) is 9.63. The van der Waals surface area contributed by atoms with E-state index in [1.165, 1.54) is 11.8 Å². The van der Waals surface area contributed by atoms with Crippen molar-refractivity contribution in [3.05, 3.63) is 53.4 Å². The zero-order valence-corrected chi connectivity index (χ0v) is 19.9. The third kappa shape index (κ3) is 4.93. The van der Waals surface area contributed by atoms with Crippen molar-refractivity contribution in [3.8, 4) is 10.7 Å². The van der Waals surface area contributed by atoms with Crippen LogP contribution in [0, 0.1) is 0 Å². The lowest BCUT2D eigenvalue weighted by Gasteiger charge is -2.21. The van der Waals surface area contributed by atoms with E-state index in [9.17, 15) is 14.4 Å². The third-order valence-corrected chi connectivity index (χ3v) is 7.19. The smallest absolute Gasteiger partial charge is 0.322 e. The molecule has 172 valence electrons. The summed E-state index contributed by atoms with van der Waals surface area (Å²) in [5, 5.41) is 14.5. The molecule has 4 amide bonds. The highest BCUT2D eigenvalue weighted by molar-refractivity contribution is 7.99. The summed E-state index contributed by atoms with van der Waals surface area (Å²) in [7, 11) is 0. The van der Waals surface area contributed by atoms with E-state index in [1.807, 2.05) is 59.3 Å².